The lowest BCUT2D eigenvalue weighted by atomic mass is 10.1. The molecular formula is C15H21N3O. The van der Waals surface area contributed by atoms with Crippen LogP contribution >= 0.6 is 0 Å². The van der Waals surface area contributed by atoms with Gasteiger partial charge in [0.2, 0.25) is 0 Å². The van der Waals surface area contributed by atoms with Gasteiger partial charge >= 0.3 is 0 Å². The zero-order valence-electron chi connectivity index (χ0n) is 11.8. The van der Waals surface area contributed by atoms with Gasteiger partial charge in [-0.2, -0.15) is 0 Å². The Morgan fingerprint density at radius 3 is 2.84 bits per heavy atom. The van der Waals surface area contributed by atoms with E-state index in [9.17, 15) is 0 Å². The summed E-state index contributed by atoms with van der Waals surface area (Å²) in [6, 6.07) is 6.21. The van der Waals surface area contributed by atoms with Gasteiger partial charge in [0.05, 0.1) is 5.69 Å². The summed E-state index contributed by atoms with van der Waals surface area (Å²) < 4.78 is 7.86. The second-order valence-corrected chi connectivity index (χ2v) is 4.86. The van der Waals surface area contributed by atoms with E-state index in [-0.39, 0.29) is 0 Å². The van der Waals surface area contributed by atoms with Crippen LogP contribution in [0.25, 0.3) is 0 Å². The summed E-state index contributed by atoms with van der Waals surface area (Å²) in [4.78, 5) is 4.52. The number of imidazole rings is 1. The van der Waals surface area contributed by atoms with Gasteiger partial charge in [0.1, 0.15) is 18.2 Å². The molecule has 102 valence electrons. The van der Waals surface area contributed by atoms with Crippen molar-refractivity contribution in [3.8, 4) is 5.75 Å². The number of hydrogen-bond donors (Lipinski definition) is 1. The van der Waals surface area contributed by atoms with Crippen LogP contribution < -0.4 is 10.5 Å². The molecule has 1 aromatic heterocycles. The van der Waals surface area contributed by atoms with Crippen LogP contribution in [0.15, 0.2) is 24.4 Å². The smallest absolute Gasteiger partial charge is 0.146 e. The minimum absolute atomic E-state index is 0.478. The van der Waals surface area contributed by atoms with Crippen LogP contribution in [0.3, 0.4) is 0 Å². The fraction of sp³-hybridized carbons (Fsp3) is 0.400. The highest BCUT2D eigenvalue weighted by molar-refractivity contribution is 5.36. The second-order valence-electron chi connectivity index (χ2n) is 4.86. The molecule has 1 heterocycles. The van der Waals surface area contributed by atoms with Crippen molar-refractivity contribution >= 4 is 0 Å². The summed E-state index contributed by atoms with van der Waals surface area (Å²) in [7, 11) is 1.98. The second kappa shape index (κ2) is 5.89. The molecule has 0 saturated heterocycles. The molecule has 0 atom stereocenters. The lowest BCUT2D eigenvalue weighted by Crippen LogP contribution is -2.04. The number of ether oxygens (including phenoxy) is 1. The predicted octanol–water partition coefficient (Wildman–Crippen LogP) is 2.12. The molecular weight excluding hydrogens is 238 g/mol. The first-order valence-electron chi connectivity index (χ1n) is 6.51. The quantitative estimate of drug-likeness (QED) is 0.894. The normalized spacial score (nSPS) is 10.7. The molecule has 0 amide bonds. The Hall–Kier alpha value is -1.81. The average molecular weight is 259 g/mol. The van der Waals surface area contributed by atoms with E-state index in [1.807, 2.05) is 24.7 Å². The molecule has 0 aliphatic rings. The lowest BCUT2D eigenvalue weighted by Gasteiger charge is -2.09. The van der Waals surface area contributed by atoms with Crippen LogP contribution in [0.4, 0.5) is 0 Å². The molecule has 0 aliphatic heterocycles. The van der Waals surface area contributed by atoms with E-state index in [1.165, 1.54) is 5.56 Å². The summed E-state index contributed by atoms with van der Waals surface area (Å²) in [6.07, 6.45) is 2.81. The molecule has 0 spiro atoms. The summed E-state index contributed by atoms with van der Waals surface area (Å²) >= 11 is 0. The first-order valence-corrected chi connectivity index (χ1v) is 6.51. The molecule has 2 aromatic rings. The summed E-state index contributed by atoms with van der Waals surface area (Å²) in [5, 5.41) is 0. The van der Waals surface area contributed by atoms with Crippen molar-refractivity contribution in [1.29, 1.82) is 0 Å². The molecule has 2 rings (SSSR count). The van der Waals surface area contributed by atoms with E-state index in [1.54, 1.807) is 0 Å². The maximum absolute atomic E-state index is 5.86. The van der Waals surface area contributed by atoms with Gasteiger partial charge < -0.3 is 15.0 Å². The van der Waals surface area contributed by atoms with E-state index >= 15 is 0 Å². The highest BCUT2D eigenvalue weighted by atomic mass is 16.5. The first kappa shape index (κ1) is 13.6. The summed E-state index contributed by atoms with van der Waals surface area (Å²) in [6.45, 7) is 5.21. The van der Waals surface area contributed by atoms with Crippen molar-refractivity contribution in [3.05, 3.63) is 47.0 Å². The molecule has 0 radical (unpaired) electrons. The van der Waals surface area contributed by atoms with Gasteiger partial charge in [-0.1, -0.05) is 12.1 Å². The third kappa shape index (κ3) is 3.35. The van der Waals surface area contributed by atoms with Gasteiger partial charge in [-0.15, -0.1) is 0 Å². The zero-order valence-corrected chi connectivity index (χ0v) is 11.8. The largest absolute Gasteiger partial charge is 0.485 e. The summed E-state index contributed by atoms with van der Waals surface area (Å²) in [5.74, 6) is 1.84. The van der Waals surface area contributed by atoms with Crippen molar-refractivity contribution in [1.82, 2.24) is 9.55 Å². The number of aryl methyl sites for hydroxylation is 3. The zero-order chi connectivity index (χ0) is 13.8. The molecule has 4 heteroatoms. The van der Waals surface area contributed by atoms with Crippen LogP contribution in [-0.4, -0.2) is 16.1 Å². The number of nitrogens with two attached hydrogens (primary N) is 1. The molecule has 4 nitrogen and oxygen atoms in total. The van der Waals surface area contributed by atoms with Crippen LogP contribution in [0, 0.1) is 13.8 Å². The van der Waals surface area contributed by atoms with Crippen LogP contribution in [-0.2, 0) is 20.1 Å². The number of aromatic nitrogens is 2. The van der Waals surface area contributed by atoms with Gasteiger partial charge in [0.25, 0.3) is 0 Å². The topological polar surface area (TPSA) is 53.1 Å². The molecule has 0 bridgehead atoms. The highest BCUT2D eigenvalue weighted by Crippen LogP contribution is 2.20. The van der Waals surface area contributed by atoms with E-state index in [0.29, 0.717) is 13.2 Å². The minimum atomic E-state index is 0.478. The molecule has 2 N–H and O–H groups in total. The van der Waals surface area contributed by atoms with Crippen LogP contribution in [0.2, 0.25) is 0 Å². The lowest BCUT2D eigenvalue weighted by molar-refractivity contribution is 0.289. The monoisotopic (exact) mass is 259 g/mol. The van der Waals surface area contributed by atoms with Gasteiger partial charge in [0, 0.05) is 19.7 Å². The minimum Gasteiger partial charge on any atom is -0.485 e. The third-order valence-electron chi connectivity index (χ3n) is 3.12. The van der Waals surface area contributed by atoms with Gasteiger partial charge in [-0.25, -0.2) is 4.98 Å². The van der Waals surface area contributed by atoms with Gasteiger partial charge in [-0.3, -0.25) is 0 Å². The number of benzene rings is 1. The maximum atomic E-state index is 5.86. The van der Waals surface area contributed by atoms with E-state index < -0.39 is 0 Å². The van der Waals surface area contributed by atoms with E-state index in [4.69, 9.17) is 10.5 Å². The van der Waals surface area contributed by atoms with Gasteiger partial charge in [-0.05, 0) is 37.6 Å². The average Bonchev–Trinajstić information content (AvgIpc) is 2.71. The SMILES string of the molecule is Cc1ccc(C)c(OCc2nc(CCN)cn2C)c1. The Labute approximate surface area is 114 Å². The molecule has 0 saturated carbocycles. The maximum Gasteiger partial charge on any atom is 0.146 e. The number of rotatable bonds is 5. The molecule has 0 unspecified atom stereocenters. The molecule has 0 aliphatic carbocycles. The number of hydrogen-bond acceptors (Lipinski definition) is 3. The predicted molar refractivity (Wildman–Crippen MR) is 76.2 cm³/mol. The van der Waals surface area contributed by atoms with Crippen molar-refractivity contribution in [2.75, 3.05) is 6.54 Å². The summed E-state index contributed by atoms with van der Waals surface area (Å²) in [5.41, 5.74) is 8.90. The van der Waals surface area contributed by atoms with Crippen molar-refractivity contribution < 1.29 is 4.74 Å². The Kier molecular flexibility index (Phi) is 4.22. The fourth-order valence-corrected chi connectivity index (χ4v) is 1.98. The first-order chi connectivity index (χ1) is 9.10. The Morgan fingerprint density at radius 1 is 1.32 bits per heavy atom. The van der Waals surface area contributed by atoms with E-state index in [2.05, 4.69) is 30.1 Å². The molecule has 1 aromatic carbocycles. The number of nitrogens with zero attached hydrogens (tertiary/aromatic N) is 2. The Balaban J connectivity index is 2.07. The van der Waals surface area contributed by atoms with Crippen molar-refractivity contribution in [2.45, 2.75) is 26.9 Å². The molecule has 19 heavy (non-hydrogen) atoms. The Bertz CT molecular complexity index is 561. The van der Waals surface area contributed by atoms with E-state index in [0.717, 1.165) is 29.3 Å². The van der Waals surface area contributed by atoms with Crippen LogP contribution in [0.1, 0.15) is 22.6 Å². The van der Waals surface area contributed by atoms with Gasteiger partial charge in [0.15, 0.2) is 0 Å². The third-order valence-corrected chi connectivity index (χ3v) is 3.12. The van der Waals surface area contributed by atoms with Crippen molar-refractivity contribution in [2.24, 2.45) is 12.8 Å². The highest BCUT2D eigenvalue weighted by Gasteiger charge is 2.07. The molecule has 0 fully saturated rings. The fourth-order valence-electron chi connectivity index (χ4n) is 1.98. The Morgan fingerprint density at radius 2 is 2.11 bits per heavy atom. The van der Waals surface area contributed by atoms with Crippen molar-refractivity contribution in [3.63, 3.8) is 0 Å². The standard InChI is InChI=1S/C15H21N3O/c1-11-4-5-12(2)14(8-11)19-10-15-17-13(6-7-16)9-18(15)3/h4-5,8-9H,6-7,10,16H2,1-3H3. The van der Waals surface area contributed by atoms with Crippen LogP contribution in [0.5, 0.6) is 5.75 Å².